The SMILES string of the molecule is O=c1cc(-c2ccc(Br)cc2OCCN2CCC(F)(F)C2)oc2c(Cl)cccc12. The molecule has 1 aliphatic rings. The fraction of sp³-hybridized carbons (Fsp3) is 0.286. The minimum atomic E-state index is -2.63. The number of nitrogens with zero attached hydrogens (tertiary/aromatic N) is 1. The number of likely N-dealkylation sites (tertiary alicyclic amines) is 1. The van der Waals surface area contributed by atoms with E-state index in [1.54, 1.807) is 41.3 Å². The molecule has 4 nitrogen and oxygen atoms in total. The summed E-state index contributed by atoms with van der Waals surface area (Å²) < 4.78 is 39.2. The van der Waals surface area contributed by atoms with Crippen LogP contribution in [0.15, 0.2) is 56.1 Å². The van der Waals surface area contributed by atoms with Crippen molar-refractivity contribution in [2.24, 2.45) is 0 Å². The van der Waals surface area contributed by atoms with Gasteiger partial charge in [-0.3, -0.25) is 9.69 Å². The molecule has 1 aliphatic heterocycles. The van der Waals surface area contributed by atoms with Gasteiger partial charge in [-0.15, -0.1) is 0 Å². The van der Waals surface area contributed by atoms with Gasteiger partial charge in [0.1, 0.15) is 18.1 Å². The maximum atomic E-state index is 13.3. The molecule has 152 valence electrons. The number of rotatable bonds is 5. The van der Waals surface area contributed by atoms with Crippen molar-refractivity contribution in [1.29, 1.82) is 0 Å². The highest BCUT2D eigenvalue weighted by molar-refractivity contribution is 9.10. The highest BCUT2D eigenvalue weighted by atomic mass is 79.9. The monoisotopic (exact) mass is 483 g/mol. The molecule has 1 aromatic heterocycles. The molecule has 3 aromatic rings. The fourth-order valence-electron chi connectivity index (χ4n) is 3.38. The summed E-state index contributed by atoms with van der Waals surface area (Å²) in [6.45, 7) is 0.715. The highest BCUT2D eigenvalue weighted by Gasteiger charge is 2.37. The van der Waals surface area contributed by atoms with Gasteiger partial charge in [0.2, 0.25) is 0 Å². The van der Waals surface area contributed by atoms with Crippen LogP contribution < -0.4 is 10.2 Å². The summed E-state index contributed by atoms with van der Waals surface area (Å²) in [5, 5.41) is 0.742. The molecular formula is C21H17BrClF2NO3. The second kappa shape index (κ2) is 8.05. The van der Waals surface area contributed by atoms with Crippen LogP contribution in [0.5, 0.6) is 5.75 Å². The molecule has 29 heavy (non-hydrogen) atoms. The van der Waals surface area contributed by atoms with Crippen molar-refractivity contribution in [3.05, 3.63) is 62.2 Å². The van der Waals surface area contributed by atoms with Gasteiger partial charge in [-0.05, 0) is 30.3 Å². The molecule has 0 amide bonds. The first-order valence-corrected chi connectivity index (χ1v) is 10.2. The van der Waals surface area contributed by atoms with Gasteiger partial charge in [-0.1, -0.05) is 33.6 Å². The molecule has 1 fully saturated rings. The van der Waals surface area contributed by atoms with E-state index in [4.69, 9.17) is 20.8 Å². The van der Waals surface area contributed by atoms with Crippen LogP contribution >= 0.6 is 27.5 Å². The predicted molar refractivity (Wildman–Crippen MR) is 112 cm³/mol. The number of halogens is 4. The summed E-state index contributed by atoms with van der Waals surface area (Å²) in [6, 6.07) is 11.7. The molecule has 2 aromatic carbocycles. The Labute approximate surface area is 179 Å². The zero-order valence-corrected chi connectivity index (χ0v) is 17.6. The maximum Gasteiger partial charge on any atom is 0.261 e. The largest absolute Gasteiger partial charge is 0.491 e. The Kier molecular flexibility index (Phi) is 5.64. The quantitative estimate of drug-likeness (QED) is 0.473. The number of ether oxygens (including phenoxy) is 1. The van der Waals surface area contributed by atoms with Gasteiger partial charge in [-0.25, -0.2) is 8.78 Å². The van der Waals surface area contributed by atoms with Gasteiger partial charge in [0.05, 0.1) is 22.5 Å². The minimum absolute atomic E-state index is 0.127. The van der Waals surface area contributed by atoms with Gasteiger partial charge in [-0.2, -0.15) is 0 Å². The van der Waals surface area contributed by atoms with Gasteiger partial charge in [0, 0.05) is 30.0 Å². The van der Waals surface area contributed by atoms with E-state index in [1.807, 2.05) is 0 Å². The van der Waals surface area contributed by atoms with E-state index in [-0.39, 0.29) is 25.0 Å². The van der Waals surface area contributed by atoms with Crippen LogP contribution in [-0.4, -0.2) is 37.1 Å². The maximum absolute atomic E-state index is 13.3. The molecule has 0 spiro atoms. The van der Waals surface area contributed by atoms with Crippen LogP contribution in [0.1, 0.15) is 6.42 Å². The number of hydrogen-bond acceptors (Lipinski definition) is 4. The van der Waals surface area contributed by atoms with Crippen LogP contribution in [0.3, 0.4) is 0 Å². The van der Waals surface area contributed by atoms with E-state index in [9.17, 15) is 13.6 Å². The third kappa shape index (κ3) is 4.47. The van der Waals surface area contributed by atoms with Crippen LogP contribution in [0.4, 0.5) is 8.78 Å². The second-order valence-corrected chi connectivity index (χ2v) is 8.29. The summed E-state index contributed by atoms with van der Waals surface area (Å²) >= 11 is 9.60. The second-order valence-electron chi connectivity index (χ2n) is 6.96. The first-order valence-electron chi connectivity index (χ1n) is 9.08. The lowest BCUT2D eigenvalue weighted by atomic mass is 10.1. The predicted octanol–water partition coefficient (Wildman–Crippen LogP) is 5.60. The molecule has 0 unspecified atom stereocenters. The zero-order chi connectivity index (χ0) is 20.6. The number of hydrogen-bond donors (Lipinski definition) is 0. The lowest BCUT2D eigenvalue weighted by Gasteiger charge is -2.17. The molecule has 0 saturated carbocycles. The molecule has 0 radical (unpaired) electrons. The zero-order valence-electron chi connectivity index (χ0n) is 15.3. The molecule has 8 heteroatoms. The van der Waals surface area contributed by atoms with Crippen molar-refractivity contribution in [3.8, 4) is 17.1 Å². The smallest absolute Gasteiger partial charge is 0.261 e. The minimum Gasteiger partial charge on any atom is -0.491 e. The highest BCUT2D eigenvalue weighted by Crippen LogP contribution is 2.35. The van der Waals surface area contributed by atoms with E-state index in [0.29, 0.717) is 46.2 Å². The van der Waals surface area contributed by atoms with Crippen molar-refractivity contribution in [3.63, 3.8) is 0 Å². The Morgan fingerprint density at radius 3 is 2.83 bits per heavy atom. The molecule has 4 rings (SSSR count). The average Bonchev–Trinajstić information content (AvgIpc) is 3.01. The first kappa shape index (κ1) is 20.3. The lowest BCUT2D eigenvalue weighted by Crippen LogP contribution is -2.29. The number of alkyl halides is 2. The Morgan fingerprint density at radius 1 is 1.24 bits per heavy atom. The standard InChI is InChI=1S/C21H17BrClF2NO3/c22-13-4-5-15(18(10-13)28-9-8-26-7-6-21(24,25)12-26)19-11-17(27)14-2-1-3-16(23)20(14)29-19/h1-5,10-11H,6-9,12H2. The molecule has 0 N–H and O–H groups in total. The van der Waals surface area contributed by atoms with Gasteiger partial charge >= 0.3 is 0 Å². The number of benzene rings is 2. The lowest BCUT2D eigenvalue weighted by molar-refractivity contribution is 0.0113. The summed E-state index contributed by atoms with van der Waals surface area (Å²) in [5.74, 6) is -1.82. The third-order valence-electron chi connectivity index (χ3n) is 4.83. The first-order chi connectivity index (χ1) is 13.8. The van der Waals surface area contributed by atoms with Crippen LogP contribution in [0.25, 0.3) is 22.3 Å². The molecule has 2 heterocycles. The van der Waals surface area contributed by atoms with Crippen LogP contribution in [0.2, 0.25) is 5.02 Å². The molecule has 0 bridgehead atoms. The average molecular weight is 485 g/mol. The Bertz CT molecular complexity index is 1120. The van der Waals surface area contributed by atoms with E-state index in [0.717, 1.165) is 4.47 Å². The summed E-state index contributed by atoms with van der Waals surface area (Å²) in [4.78, 5) is 14.2. The van der Waals surface area contributed by atoms with E-state index < -0.39 is 5.92 Å². The van der Waals surface area contributed by atoms with Gasteiger partial charge in [0.15, 0.2) is 11.0 Å². The number of fused-ring (bicyclic) bond motifs is 1. The van der Waals surface area contributed by atoms with Gasteiger partial charge in [0.25, 0.3) is 5.92 Å². The Morgan fingerprint density at radius 2 is 2.07 bits per heavy atom. The van der Waals surface area contributed by atoms with E-state index in [1.165, 1.54) is 6.07 Å². The van der Waals surface area contributed by atoms with Crippen LogP contribution in [-0.2, 0) is 0 Å². The topological polar surface area (TPSA) is 42.7 Å². The fourth-order valence-corrected chi connectivity index (χ4v) is 3.93. The molecule has 0 aliphatic carbocycles. The summed E-state index contributed by atoms with van der Waals surface area (Å²) in [6.07, 6.45) is -0.127. The Balaban J connectivity index is 1.61. The molecular weight excluding hydrogens is 468 g/mol. The van der Waals surface area contributed by atoms with E-state index in [2.05, 4.69) is 15.9 Å². The molecule has 1 saturated heterocycles. The Hall–Kier alpha value is -1.96. The van der Waals surface area contributed by atoms with Crippen molar-refractivity contribution < 1.29 is 17.9 Å². The van der Waals surface area contributed by atoms with Gasteiger partial charge < -0.3 is 9.15 Å². The van der Waals surface area contributed by atoms with Crippen molar-refractivity contribution >= 4 is 38.5 Å². The normalized spacial score (nSPS) is 16.4. The third-order valence-corrected chi connectivity index (χ3v) is 5.62. The van der Waals surface area contributed by atoms with Crippen molar-refractivity contribution in [1.82, 2.24) is 4.90 Å². The van der Waals surface area contributed by atoms with Crippen LogP contribution in [0, 0.1) is 0 Å². The summed E-state index contributed by atoms with van der Waals surface area (Å²) in [7, 11) is 0. The van der Waals surface area contributed by atoms with E-state index >= 15 is 0 Å². The number of para-hydroxylation sites is 1. The molecule has 0 atom stereocenters. The van der Waals surface area contributed by atoms with Crippen molar-refractivity contribution in [2.45, 2.75) is 12.3 Å². The summed E-state index contributed by atoms with van der Waals surface area (Å²) in [5.41, 5.74) is 0.681. The van der Waals surface area contributed by atoms with Crippen molar-refractivity contribution in [2.75, 3.05) is 26.2 Å².